The van der Waals surface area contributed by atoms with Crippen LogP contribution in [0.5, 0.6) is 0 Å². The molecular formula is C8H14Cl3O3S+. The molecule has 0 aliphatic heterocycles. The molecule has 3 nitrogen and oxygen atoms in total. The van der Waals surface area contributed by atoms with Crippen molar-refractivity contribution in [1.29, 1.82) is 0 Å². The summed E-state index contributed by atoms with van der Waals surface area (Å²) in [5.74, 6) is -0.537. The van der Waals surface area contributed by atoms with E-state index in [2.05, 4.69) is 0 Å². The minimum absolute atomic E-state index is 0.235. The molecule has 0 aromatic rings. The van der Waals surface area contributed by atoms with Gasteiger partial charge < -0.3 is 9.84 Å². The molecule has 0 heterocycles. The second-order valence-corrected chi connectivity index (χ2v) is 7.67. The zero-order chi connectivity index (χ0) is 12.2. The van der Waals surface area contributed by atoms with Crippen LogP contribution in [-0.4, -0.2) is 45.3 Å². The van der Waals surface area contributed by atoms with Crippen LogP contribution < -0.4 is 0 Å². The Kier molecular flexibility index (Phi) is 6.68. The number of aliphatic hydroxyl groups excluding tert-OH is 1. The van der Waals surface area contributed by atoms with Crippen LogP contribution in [0.3, 0.4) is 0 Å². The van der Waals surface area contributed by atoms with Gasteiger partial charge in [-0.15, -0.1) is 0 Å². The van der Waals surface area contributed by atoms with E-state index < -0.39 is 32.0 Å². The molecule has 0 amide bonds. The summed E-state index contributed by atoms with van der Waals surface area (Å²) in [6.07, 6.45) is 2.20. The fourth-order valence-corrected chi connectivity index (χ4v) is 2.75. The molecule has 2 unspecified atom stereocenters. The topological polar surface area (TPSA) is 46.5 Å². The molecule has 0 rings (SSSR count). The molecule has 1 N–H and O–H groups in total. The van der Waals surface area contributed by atoms with E-state index in [-0.39, 0.29) is 6.61 Å². The molecule has 0 aliphatic carbocycles. The van der Waals surface area contributed by atoms with Crippen LogP contribution >= 0.6 is 34.8 Å². The predicted molar refractivity (Wildman–Crippen MR) is 65.9 cm³/mol. The van der Waals surface area contributed by atoms with E-state index in [4.69, 9.17) is 39.5 Å². The molecule has 0 aliphatic rings. The van der Waals surface area contributed by atoms with Crippen LogP contribution in [0.1, 0.15) is 6.92 Å². The first-order valence-electron chi connectivity index (χ1n) is 4.19. The fraction of sp³-hybridized carbons (Fsp3) is 0.875. The lowest BCUT2D eigenvalue weighted by Crippen LogP contribution is -2.47. The van der Waals surface area contributed by atoms with E-state index in [0.717, 1.165) is 0 Å². The Morgan fingerprint density at radius 1 is 1.47 bits per heavy atom. The average molecular weight is 297 g/mol. The van der Waals surface area contributed by atoms with E-state index in [1.807, 2.05) is 0 Å². The summed E-state index contributed by atoms with van der Waals surface area (Å²) < 4.78 is 2.93. The van der Waals surface area contributed by atoms with Gasteiger partial charge in [-0.25, -0.2) is 4.79 Å². The number of hydrogen-bond acceptors (Lipinski definition) is 3. The summed E-state index contributed by atoms with van der Waals surface area (Å²) in [4.78, 5) is 11.5. The molecule has 2 atom stereocenters. The first kappa shape index (κ1) is 15.7. The first-order chi connectivity index (χ1) is 6.71. The molecule has 0 saturated carbocycles. The van der Waals surface area contributed by atoms with Crippen molar-refractivity contribution >= 4 is 51.7 Å². The van der Waals surface area contributed by atoms with E-state index in [0.29, 0.717) is 0 Å². The second kappa shape index (κ2) is 6.40. The third kappa shape index (κ3) is 5.00. The van der Waals surface area contributed by atoms with Crippen LogP contribution in [0, 0.1) is 0 Å². The van der Waals surface area contributed by atoms with Crippen LogP contribution in [0.15, 0.2) is 0 Å². The highest BCUT2D eigenvalue weighted by Crippen LogP contribution is 2.34. The lowest BCUT2D eigenvalue weighted by atomic mass is 10.3. The summed E-state index contributed by atoms with van der Waals surface area (Å²) in [6.45, 7) is 1.92. The number of ether oxygens (including phenoxy) is 1. The third-order valence-electron chi connectivity index (χ3n) is 1.65. The Morgan fingerprint density at radius 2 is 1.93 bits per heavy atom. The smallest absolute Gasteiger partial charge is 0.362 e. The van der Waals surface area contributed by atoms with E-state index in [1.165, 1.54) is 0 Å². The van der Waals surface area contributed by atoms with Gasteiger partial charge in [-0.2, -0.15) is 0 Å². The molecule has 90 valence electrons. The van der Waals surface area contributed by atoms with Gasteiger partial charge in [-0.1, -0.05) is 34.8 Å². The number of aliphatic hydroxyl groups is 1. The van der Waals surface area contributed by atoms with Gasteiger partial charge in [0, 0.05) is 0 Å². The molecule has 0 bridgehead atoms. The van der Waals surface area contributed by atoms with Gasteiger partial charge in [-0.3, -0.25) is 0 Å². The van der Waals surface area contributed by atoms with Crippen molar-refractivity contribution < 1.29 is 14.6 Å². The summed E-state index contributed by atoms with van der Waals surface area (Å²) in [6, 6.07) is 0. The minimum atomic E-state index is -1.88. The lowest BCUT2D eigenvalue weighted by molar-refractivity contribution is -0.144. The van der Waals surface area contributed by atoms with Gasteiger partial charge >= 0.3 is 5.97 Å². The highest BCUT2D eigenvalue weighted by Gasteiger charge is 2.48. The monoisotopic (exact) mass is 295 g/mol. The zero-order valence-electron chi connectivity index (χ0n) is 8.67. The maximum atomic E-state index is 11.5. The Morgan fingerprint density at radius 3 is 2.20 bits per heavy atom. The number of hydrogen-bond donors (Lipinski definition) is 1. The van der Waals surface area contributed by atoms with Crippen LogP contribution in [-0.2, 0) is 20.4 Å². The maximum absolute atomic E-state index is 11.5. The van der Waals surface area contributed by atoms with Crippen molar-refractivity contribution in [3.05, 3.63) is 0 Å². The normalized spacial score (nSPS) is 16.3. The van der Waals surface area contributed by atoms with Crippen molar-refractivity contribution in [3.63, 3.8) is 0 Å². The second-order valence-electron chi connectivity index (χ2n) is 3.04. The Balaban J connectivity index is 4.74. The molecule has 7 heteroatoms. The highest BCUT2D eigenvalue weighted by molar-refractivity contribution is 7.96. The Hall–Kier alpha value is 0.650. The number of alkyl halides is 3. The van der Waals surface area contributed by atoms with Gasteiger partial charge in [0.25, 0.3) is 0 Å². The summed E-state index contributed by atoms with van der Waals surface area (Å²) in [7, 11) is -0.439. The quantitative estimate of drug-likeness (QED) is 0.486. The third-order valence-corrected chi connectivity index (χ3v) is 3.79. The van der Waals surface area contributed by atoms with Crippen LogP contribution in [0.25, 0.3) is 0 Å². The maximum Gasteiger partial charge on any atom is 0.362 e. The molecule has 0 aromatic carbocycles. The van der Waals surface area contributed by atoms with Gasteiger partial charge in [0.1, 0.15) is 0 Å². The molecule has 0 radical (unpaired) electrons. The molecule has 0 fully saturated rings. The predicted octanol–water partition coefficient (Wildman–Crippen LogP) is 1.53. The van der Waals surface area contributed by atoms with Gasteiger partial charge in [-0.05, 0) is 17.8 Å². The van der Waals surface area contributed by atoms with Crippen molar-refractivity contribution in [2.45, 2.75) is 22.1 Å². The molecule has 15 heavy (non-hydrogen) atoms. The van der Waals surface area contributed by atoms with Crippen molar-refractivity contribution in [3.8, 4) is 0 Å². The van der Waals surface area contributed by atoms with Crippen molar-refractivity contribution in [2.75, 3.05) is 19.1 Å². The van der Waals surface area contributed by atoms with Crippen molar-refractivity contribution in [2.24, 2.45) is 0 Å². The summed E-state index contributed by atoms with van der Waals surface area (Å²) >= 11 is 16.6. The van der Waals surface area contributed by atoms with E-state index in [1.54, 1.807) is 19.4 Å². The molecule has 0 aromatic heterocycles. The summed E-state index contributed by atoms with van der Waals surface area (Å²) in [5, 5.41) is 8.92. The SMILES string of the molecule is CCOC(=O)C(C(O)C(Cl)(Cl)Cl)[S+](C)C. The minimum Gasteiger partial charge on any atom is -0.462 e. The molecule has 0 saturated heterocycles. The summed E-state index contributed by atoms with van der Waals surface area (Å²) in [5.41, 5.74) is 0. The lowest BCUT2D eigenvalue weighted by Gasteiger charge is -2.23. The van der Waals surface area contributed by atoms with Crippen molar-refractivity contribution in [1.82, 2.24) is 0 Å². The van der Waals surface area contributed by atoms with Gasteiger partial charge in [0.2, 0.25) is 9.04 Å². The Labute approximate surface area is 107 Å². The van der Waals surface area contributed by atoms with Crippen LogP contribution in [0.4, 0.5) is 0 Å². The number of halogens is 3. The Bertz CT molecular complexity index is 218. The molecule has 0 spiro atoms. The van der Waals surface area contributed by atoms with E-state index in [9.17, 15) is 9.90 Å². The number of carbonyl (C=O) groups excluding carboxylic acids is 1. The first-order valence-corrected chi connectivity index (χ1v) is 7.43. The van der Waals surface area contributed by atoms with Gasteiger partial charge in [0.05, 0.1) is 19.1 Å². The number of carbonyl (C=O) groups is 1. The standard InChI is InChI=1S/C8H14Cl3O3S/c1-4-14-7(13)5(15(2)3)6(12)8(9,10)11/h5-6,12H,4H2,1-3H3/q+1. The average Bonchev–Trinajstić information content (AvgIpc) is 2.02. The number of rotatable bonds is 4. The molecular weight excluding hydrogens is 283 g/mol. The number of esters is 1. The zero-order valence-corrected chi connectivity index (χ0v) is 11.8. The fourth-order valence-electron chi connectivity index (χ4n) is 0.975. The highest BCUT2D eigenvalue weighted by atomic mass is 35.6. The van der Waals surface area contributed by atoms with Crippen LogP contribution in [0.2, 0.25) is 0 Å². The largest absolute Gasteiger partial charge is 0.462 e. The van der Waals surface area contributed by atoms with Gasteiger partial charge in [0.15, 0.2) is 6.10 Å². The van der Waals surface area contributed by atoms with E-state index >= 15 is 0 Å².